The van der Waals surface area contributed by atoms with Gasteiger partial charge in [-0.1, -0.05) is 256 Å². The van der Waals surface area contributed by atoms with Crippen LogP contribution in [0.5, 0.6) is 0 Å². The molecule has 11 rings (SSSR count). The van der Waals surface area contributed by atoms with Crippen molar-refractivity contribution in [1.82, 2.24) is 0 Å². The zero-order chi connectivity index (χ0) is 48.4. The van der Waals surface area contributed by atoms with E-state index >= 15 is 0 Å². The van der Waals surface area contributed by atoms with Gasteiger partial charge in [0, 0.05) is 22.2 Å². The third-order valence-electron chi connectivity index (χ3n) is 14.8. The number of benzene rings is 10. The first-order valence-electron chi connectivity index (χ1n) is 24.9. The van der Waals surface area contributed by atoms with Crippen molar-refractivity contribution >= 4 is 27.8 Å². The van der Waals surface area contributed by atoms with Crippen LogP contribution in [0.25, 0.3) is 77.5 Å². The number of anilines is 3. The Kier molecular flexibility index (Phi) is 11.1. The smallest absolute Gasteiger partial charge is 0.0540 e. The van der Waals surface area contributed by atoms with Crippen LogP contribution in [-0.4, -0.2) is 0 Å². The lowest BCUT2D eigenvalue weighted by molar-refractivity contribution is 0.569. The Bertz CT molecular complexity index is 3560. The van der Waals surface area contributed by atoms with Gasteiger partial charge in [-0.3, -0.25) is 0 Å². The van der Waals surface area contributed by atoms with Crippen LogP contribution in [-0.2, 0) is 16.2 Å². The first-order valence-corrected chi connectivity index (χ1v) is 24.9. The highest BCUT2D eigenvalue weighted by atomic mass is 15.1. The fourth-order valence-electron chi connectivity index (χ4n) is 11.0. The first-order chi connectivity index (χ1) is 33.8. The van der Waals surface area contributed by atoms with Gasteiger partial charge in [0.2, 0.25) is 0 Å². The maximum absolute atomic E-state index is 2.54. The van der Waals surface area contributed by atoms with Crippen molar-refractivity contribution in [3.63, 3.8) is 0 Å². The molecule has 70 heavy (non-hydrogen) atoms. The number of hydrogen-bond donors (Lipinski definition) is 0. The van der Waals surface area contributed by atoms with E-state index in [1.807, 2.05) is 0 Å². The van der Waals surface area contributed by atoms with Gasteiger partial charge in [-0.25, -0.2) is 0 Å². The molecular weight excluding hydrogens is 843 g/mol. The Morgan fingerprint density at radius 2 is 0.757 bits per heavy atom. The molecule has 342 valence electrons. The van der Waals surface area contributed by atoms with E-state index in [9.17, 15) is 0 Å². The molecule has 0 aliphatic heterocycles. The lowest BCUT2D eigenvalue weighted by Gasteiger charge is -2.32. The van der Waals surface area contributed by atoms with Crippen molar-refractivity contribution in [3.8, 4) is 66.8 Å². The van der Waals surface area contributed by atoms with Crippen molar-refractivity contribution in [2.24, 2.45) is 0 Å². The molecule has 0 heterocycles. The van der Waals surface area contributed by atoms with Gasteiger partial charge in [-0.15, -0.1) is 0 Å². The van der Waals surface area contributed by atoms with Gasteiger partial charge in [-0.2, -0.15) is 0 Å². The van der Waals surface area contributed by atoms with Crippen LogP contribution in [0.2, 0.25) is 0 Å². The lowest BCUT2D eigenvalue weighted by atomic mass is 9.78. The summed E-state index contributed by atoms with van der Waals surface area (Å²) in [6, 6.07) is 83.8. The second-order valence-corrected chi connectivity index (χ2v) is 21.7. The number of nitrogens with zero attached hydrogens (tertiary/aromatic N) is 1. The number of hydrogen-bond acceptors (Lipinski definition) is 1. The summed E-state index contributed by atoms with van der Waals surface area (Å²) in [5, 5.41) is 2.48. The van der Waals surface area contributed by atoms with E-state index in [4.69, 9.17) is 0 Å². The molecule has 10 aromatic rings. The second kappa shape index (κ2) is 17.3. The molecule has 1 aliphatic rings. The van der Waals surface area contributed by atoms with Gasteiger partial charge < -0.3 is 4.90 Å². The minimum atomic E-state index is -0.182. The third kappa shape index (κ3) is 7.84. The van der Waals surface area contributed by atoms with Crippen molar-refractivity contribution in [2.45, 2.75) is 71.6 Å². The summed E-state index contributed by atoms with van der Waals surface area (Å²) in [4.78, 5) is 2.54. The van der Waals surface area contributed by atoms with Crippen LogP contribution >= 0.6 is 0 Å². The van der Waals surface area contributed by atoms with Crippen LogP contribution < -0.4 is 4.90 Å². The van der Waals surface area contributed by atoms with Crippen LogP contribution in [0.4, 0.5) is 17.1 Å². The van der Waals surface area contributed by atoms with E-state index in [-0.39, 0.29) is 16.2 Å². The summed E-state index contributed by atoms with van der Waals surface area (Å²) in [6.07, 6.45) is 0. The summed E-state index contributed by atoms with van der Waals surface area (Å²) in [5.41, 5.74) is 23.2. The summed E-state index contributed by atoms with van der Waals surface area (Å²) < 4.78 is 0. The lowest BCUT2D eigenvalue weighted by Crippen LogP contribution is -2.17. The molecule has 0 saturated heterocycles. The summed E-state index contributed by atoms with van der Waals surface area (Å²) >= 11 is 0. The second-order valence-electron chi connectivity index (χ2n) is 21.7. The molecule has 1 aliphatic carbocycles. The Labute approximate surface area is 415 Å². The van der Waals surface area contributed by atoms with E-state index in [1.54, 1.807) is 0 Å². The van der Waals surface area contributed by atoms with Gasteiger partial charge >= 0.3 is 0 Å². The Morgan fingerprint density at radius 1 is 0.314 bits per heavy atom. The van der Waals surface area contributed by atoms with Gasteiger partial charge in [0.05, 0.1) is 11.4 Å². The van der Waals surface area contributed by atoms with Crippen molar-refractivity contribution < 1.29 is 0 Å². The van der Waals surface area contributed by atoms with E-state index in [1.165, 1.54) is 94.2 Å². The predicted molar refractivity (Wildman–Crippen MR) is 301 cm³/mol. The zero-order valence-electron chi connectivity index (χ0n) is 41.8. The van der Waals surface area contributed by atoms with Crippen LogP contribution in [0.15, 0.2) is 224 Å². The van der Waals surface area contributed by atoms with Crippen molar-refractivity contribution in [2.75, 3.05) is 4.90 Å². The zero-order valence-corrected chi connectivity index (χ0v) is 41.8. The summed E-state index contributed by atoms with van der Waals surface area (Å²) in [6.45, 7) is 18.7. The number of fused-ring (bicyclic) bond motifs is 4. The molecular formula is C69H61N. The van der Waals surface area contributed by atoms with Crippen LogP contribution in [0.3, 0.4) is 0 Å². The van der Waals surface area contributed by atoms with Crippen molar-refractivity contribution in [3.05, 3.63) is 247 Å². The summed E-state index contributed by atoms with van der Waals surface area (Å²) in [7, 11) is 0. The average molecular weight is 904 g/mol. The fourth-order valence-corrected chi connectivity index (χ4v) is 11.0. The molecule has 0 fully saturated rings. The highest BCUT2D eigenvalue weighted by molar-refractivity contribution is 6.09. The average Bonchev–Trinajstić information content (AvgIpc) is 3.61. The molecule has 0 bridgehead atoms. The quantitative estimate of drug-likeness (QED) is 0.147. The Morgan fingerprint density at radius 3 is 1.36 bits per heavy atom. The van der Waals surface area contributed by atoms with Crippen molar-refractivity contribution in [1.29, 1.82) is 0 Å². The van der Waals surface area contributed by atoms with E-state index in [2.05, 4.69) is 285 Å². The SMILES string of the molecule is CC(C)(C)c1cc(-c2cccc3cccc(-c4ccccc4N(c4ccc5c(c4)C(C)(C)c4ccccc4-5)c4ccccc4-c4ccccc4-c4ccccc4-c4ccccc4)c23)cc(C(C)(C)C)c1. The van der Waals surface area contributed by atoms with E-state index < -0.39 is 0 Å². The Hall–Kier alpha value is -7.74. The minimum absolute atomic E-state index is 0.0159. The normalized spacial score (nSPS) is 13.0. The molecule has 0 spiro atoms. The highest BCUT2D eigenvalue weighted by Gasteiger charge is 2.36. The standard InChI is InChI=1S/C69H61N/c1-67(2,3)49-42-48(43-50(44-49)68(4,5)6)53-35-22-26-47-27-23-36-61(66(47)53)60-34-18-21-39-65(60)70(51-40-41-58-57-32-16-19-37-62(57)69(7,8)63(58)45-51)64-38-20-17-33-59(64)56-31-15-14-30-55(56)54-29-13-12-28-52(54)46-24-10-9-11-25-46/h9-45H,1-8H3. The maximum Gasteiger partial charge on any atom is 0.0540 e. The number of para-hydroxylation sites is 2. The molecule has 0 saturated carbocycles. The largest absolute Gasteiger partial charge is 0.309 e. The van der Waals surface area contributed by atoms with Gasteiger partial charge in [0.25, 0.3) is 0 Å². The molecule has 0 N–H and O–H groups in total. The molecule has 1 heteroatoms. The Balaban J connectivity index is 1.17. The van der Waals surface area contributed by atoms with Gasteiger partial charge in [0.1, 0.15) is 0 Å². The van der Waals surface area contributed by atoms with Crippen LogP contribution in [0.1, 0.15) is 77.6 Å². The molecule has 0 atom stereocenters. The van der Waals surface area contributed by atoms with Crippen LogP contribution in [0, 0.1) is 0 Å². The molecule has 1 nitrogen and oxygen atoms in total. The third-order valence-corrected chi connectivity index (χ3v) is 14.8. The molecule has 0 aromatic heterocycles. The number of rotatable bonds is 8. The summed E-state index contributed by atoms with van der Waals surface area (Å²) in [5.74, 6) is 0. The van der Waals surface area contributed by atoms with E-state index in [0.717, 1.165) is 22.6 Å². The molecule has 0 radical (unpaired) electrons. The van der Waals surface area contributed by atoms with Gasteiger partial charge in [0.15, 0.2) is 0 Å². The fraction of sp³-hybridized carbons (Fsp3) is 0.159. The molecule has 10 aromatic carbocycles. The first kappa shape index (κ1) is 44.7. The maximum atomic E-state index is 2.54. The molecule has 0 unspecified atom stereocenters. The topological polar surface area (TPSA) is 3.24 Å². The van der Waals surface area contributed by atoms with Gasteiger partial charge in [-0.05, 0) is 124 Å². The molecule has 0 amide bonds. The van der Waals surface area contributed by atoms with E-state index in [0.29, 0.717) is 0 Å². The highest BCUT2D eigenvalue weighted by Crippen LogP contribution is 2.53. The monoisotopic (exact) mass is 903 g/mol. The predicted octanol–water partition coefficient (Wildman–Crippen LogP) is 19.5. The minimum Gasteiger partial charge on any atom is -0.309 e.